The average Bonchev–Trinajstić information content (AvgIpc) is 2.46. The lowest BCUT2D eigenvalue weighted by Gasteiger charge is -2.31. The first-order chi connectivity index (χ1) is 9.65. The summed E-state index contributed by atoms with van der Waals surface area (Å²) in [6, 6.07) is 8.81. The Morgan fingerprint density at radius 3 is 2.75 bits per heavy atom. The normalized spacial score (nSPS) is 18.4. The smallest absolute Gasteiger partial charge is 0.319 e. The quantitative estimate of drug-likeness (QED) is 0.887. The summed E-state index contributed by atoms with van der Waals surface area (Å²) in [6.07, 6.45) is 2.22. The Labute approximate surface area is 119 Å². The van der Waals surface area contributed by atoms with Crippen LogP contribution in [0.15, 0.2) is 30.3 Å². The fourth-order valence-corrected chi connectivity index (χ4v) is 2.38. The highest BCUT2D eigenvalue weighted by Gasteiger charge is 2.20. The minimum absolute atomic E-state index is 0.0141. The van der Waals surface area contributed by atoms with E-state index in [4.69, 9.17) is 0 Å². The second-order valence-electron chi connectivity index (χ2n) is 5.26. The van der Waals surface area contributed by atoms with E-state index >= 15 is 0 Å². The fourth-order valence-electron chi connectivity index (χ4n) is 2.38. The summed E-state index contributed by atoms with van der Waals surface area (Å²) in [6.45, 7) is 3.78. The van der Waals surface area contributed by atoms with Gasteiger partial charge in [-0.3, -0.25) is 4.79 Å². The van der Waals surface area contributed by atoms with Gasteiger partial charge in [0, 0.05) is 18.8 Å². The molecule has 20 heavy (non-hydrogen) atoms. The number of amides is 3. The van der Waals surface area contributed by atoms with Gasteiger partial charge in [-0.1, -0.05) is 25.1 Å². The van der Waals surface area contributed by atoms with E-state index in [1.807, 2.05) is 23.1 Å². The Morgan fingerprint density at radius 1 is 1.30 bits per heavy atom. The van der Waals surface area contributed by atoms with Crippen LogP contribution in [-0.4, -0.2) is 36.5 Å². The number of anilines is 1. The Kier molecular flexibility index (Phi) is 4.98. The van der Waals surface area contributed by atoms with Gasteiger partial charge in [-0.05, 0) is 30.9 Å². The van der Waals surface area contributed by atoms with Crippen molar-refractivity contribution in [1.82, 2.24) is 10.2 Å². The third kappa shape index (κ3) is 4.26. The SMILES string of the molecule is C[C@@H]1CCCN(C(=O)CNC(=O)Nc2ccccc2)C1. The number of nitrogens with zero attached hydrogens (tertiary/aromatic N) is 1. The largest absolute Gasteiger partial charge is 0.341 e. The molecule has 0 saturated carbocycles. The number of rotatable bonds is 3. The van der Waals surface area contributed by atoms with Gasteiger partial charge in [0.05, 0.1) is 6.54 Å². The van der Waals surface area contributed by atoms with Crippen LogP contribution >= 0.6 is 0 Å². The number of carbonyl (C=O) groups excluding carboxylic acids is 2. The number of urea groups is 1. The summed E-state index contributed by atoms with van der Waals surface area (Å²) in [5, 5.41) is 5.29. The molecule has 1 atom stereocenters. The Balaban J connectivity index is 1.74. The molecule has 3 amide bonds. The molecule has 0 aliphatic carbocycles. The van der Waals surface area contributed by atoms with E-state index in [2.05, 4.69) is 17.6 Å². The van der Waals surface area contributed by atoms with Crippen LogP contribution in [0.2, 0.25) is 0 Å². The predicted molar refractivity (Wildman–Crippen MR) is 78.4 cm³/mol. The molecule has 0 aromatic heterocycles. The predicted octanol–water partition coefficient (Wildman–Crippen LogP) is 2.07. The first kappa shape index (κ1) is 14.4. The number of nitrogens with one attached hydrogen (secondary N) is 2. The molecule has 1 aliphatic heterocycles. The lowest BCUT2D eigenvalue weighted by molar-refractivity contribution is -0.131. The van der Waals surface area contributed by atoms with Gasteiger partial charge in [-0.2, -0.15) is 0 Å². The molecule has 1 aliphatic rings. The second-order valence-corrected chi connectivity index (χ2v) is 5.26. The van der Waals surface area contributed by atoms with Crippen LogP contribution in [-0.2, 0) is 4.79 Å². The number of benzene rings is 1. The number of hydrogen-bond donors (Lipinski definition) is 2. The lowest BCUT2D eigenvalue weighted by Crippen LogP contribution is -2.45. The summed E-state index contributed by atoms with van der Waals surface area (Å²) in [4.78, 5) is 25.5. The van der Waals surface area contributed by atoms with Crippen molar-refractivity contribution in [1.29, 1.82) is 0 Å². The van der Waals surface area contributed by atoms with Gasteiger partial charge >= 0.3 is 6.03 Å². The number of carbonyl (C=O) groups is 2. The number of piperidine rings is 1. The third-order valence-corrected chi connectivity index (χ3v) is 3.44. The zero-order valence-electron chi connectivity index (χ0n) is 11.8. The molecule has 0 unspecified atom stereocenters. The van der Waals surface area contributed by atoms with Crippen molar-refractivity contribution in [3.8, 4) is 0 Å². The molecular weight excluding hydrogens is 254 g/mol. The fraction of sp³-hybridized carbons (Fsp3) is 0.467. The molecule has 0 radical (unpaired) electrons. The minimum atomic E-state index is -0.352. The van der Waals surface area contributed by atoms with Crippen LogP contribution in [0, 0.1) is 5.92 Å². The van der Waals surface area contributed by atoms with Gasteiger partial charge in [0.2, 0.25) is 5.91 Å². The molecule has 1 aromatic carbocycles. The molecule has 0 bridgehead atoms. The zero-order chi connectivity index (χ0) is 14.4. The summed E-state index contributed by atoms with van der Waals surface area (Å²) >= 11 is 0. The van der Waals surface area contributed by atoms with Gasteiger partial charge in [-0.25, -0.2) is 4.79 Å². The van der Waals surface area contributed by atoms with Crippen LogP contribution in [0.4, 0.5) is 10.5 Å². The average molecular weight is 275 g/mol. The maximum Gasteiger partial charge on any atom is 0.319 e. The van der Waals surface area contributed by atoms with Crippen LogP contribution in [0.5, 0.6) is 0 Å². The highest BCUT2D eigenvalue weighted by atomic mass is 16.2. The first-order valence-corrected chi connectivity index (χ1v) is 7.03. The number of likely N-dealkylation sites (tertiary alicyclic amines) is 1. The summed E-state index contributed by atoms with van der Waals surface area (Å²) < 4.78 is 0. The van der Waals surface area contributed by atoms with Crippen molar-refractivity contribution in [2.75, 3.05) is 25.0 Å². The maximum absolute atomic E-state index is 12.0. The van der Waals surface area contributed by atoms with E-state index in [0.717, 1.165) is 19.5 Å². The molecule has 1 aromatic rings. The van der Waals surface area contributed by atoms with Crippen molar-refractivity contribution >= 4 is 17.6 Å². The van der Waals surface area contributed by atoms with Crippen molar-refractivity contribution in [2.45, 2.75) is 19.8 Å². The van der Waals surface area contributed by atoms with Crippen LogP contribution in [0.1, 0.15) is 19.8 Å². The van der Waals surface area contributed by atoms with Crippen molar-refractivity contribution < 1.29 is 9.59 Å². The van der Waals surface area contributed by atoms with Gasteiger partial charge in [0.15, 0.2) is 0 Å². The van der Waals surface area contributed by atoms with E-state index in [9.17, 15) is 9.59 Å². The number of hydrogen-bond acceptors (Lipinski definition) is 2. The van der Waals surface area contributed by atoms with Gasteiger partial charge in [-0.15, -0.1) is 0 Å². The van der Waals surface area contributed by atoms with Crippen molar-refractivity contribution in [3.63, 3.8) is 0 Å². The van der Waals surface area contributed by atoms with E-state index < -0.39 is 0 Å². The Bertz CT molecular complexity index is 461. The van der Waals surface area contributed by atoms with Crippen molar-refractivity contribution in [2.24, 2.45) is 5.92 Å². The van der Waals surface area contributed by atoms with Crippen LogP contribution < -0.4 is 10.6 Å². The molecule has 108 valence electrons. The van der Waals surface area contributed by atoms with Crippen molar-refractivity contribution in [3.05, 3.63) is 30.3 Å². The highest BCUT2D eigenvalue weighted by molar-refractivity contribution is 5.92. The van der Waals surface area contributed by atoms with E-state index in [1.54, 1.807) is 12.1 Å². The molecular formula is C15H21N3O2. The molecule has 1 saturated heterocycles. The molecule has 2 N–H and O–H groups in total. The molecule has 1 fully saturated rings. The first-order valence-electron chi connectivity index (χ1n) is 7.03. The minimum Gasteiger partial charge on any atom is -0.341 e. The molecule has 0 spiro atoms. The standard InChI is InChI=1S/C15H21N3O2/c1-12-6-5-9-18(11-12)14(19)10-16-15(20)17-13-7-3-2-4-8-13/h2-4,7-8,12H,5-6,9-11H2,1H3,(H2,16,17,20)/t12-/m1/s1. The third-order valence-electron chi connectivity index (χ3n) is 3.44. The van der Waals surface area contributed by atoms with Crippen LogP contribution in [0.25, 0.3) is 0 Å². The zero-order valence-corrected chi connectivity index (χ0v) is 11.8. The molecule has 5 nitrogen and oxygen atoms in total. The summed E-state index contributed by atoms with van der Waals surface area (Å²) in [7, 11) is 0. The van der Waals surface area contributed by atoms with Crippen LogP contribution in [0.3, 0.4) is 0 Å². The van der Waals surface area contributed by atoms with Gasteiger partial charge < -0.3 is 15.5 Å². The molecule has 1 heterocycles. The molecule has 5 heteroatoms. The Hall–Kier alpha value is -2.04. The number of para-hydroxylation sites is 1. The van der Waals surface area contributed by atoms with E-state index in [1.165, 1.54) is 6.42 Å². The Morgan fingerprint density at radius 2 is 2.05 bits per heavy atom. The topological polar surface area (TPSA) is 61.4 Å². The summed E-state index contributed by atoms with van der Waals surface area (Å²) in [5.41, 5.74) is 0.712. The lowest BCUT2D eigenvalue weighted by atomic mass is 10.0. The molecule has 2 rings (SSSR count). The van der Waals surface area contributed by atoms with Gasteiger partial charge in [0.25, 0.3) is 0 Å². The maximum atomic E-state index is 12.0. The summed E-state index contributed by atoms with van der Waals surface area (Å²) in [5.74, 6) is 0.533. The monoisotopic (exact) mass is 275 g/mol. The highest BCUT2D eigenvalue weighted by Crippen LogP contribution is 2.15. The van der Waals surface area contributed by atoms with E-state index in [0.29, 0.717) is 11.6 Å². The second kappa shape index (κ2) is 6.93. The van der Waals surface area contributed by atoms with E-state index in [-0.39, 0.29) is 18.5 Å². The van der Waals surface area contributed by atoms with Gasteiger partial charge in [0.1, 0.15) is 0 Å².